The molecule has 1 atom stereocenters. The molecule has 0 saturated heterocycles. The third-order valence-corrected chi connectivity index (χ3v) is 7.41. The zero-order valence-electron chi connectivity index (χ0n) is 20.3. The maximum absolute atomic E-state index is 13.8. The van der Waals surface area contributed by atoms with Crippen LogP contribution in [-0.2, 0) is 29.0 Å². The number of hydrogen-bond acceptors (Lipinski definition) is 2. The van der Waals surface area contributed by atoms with Gasteiger partial charge in [0.25, 0.3) is 0 Å². The molecule has 4 nitrogen and oxygen atoms in total. The lowest BCUT2D eigenvalue weighted by Gasteiger charge is -2.33. The molecular weight excluding hydrogens is 491 g/mol. The largest absolute Gasteiger partial charge is 0.352 e. The maximum Gasteiger partial charge on any atom is 0.243 e. The van der Waals surface area contributed by atoms with Crippen LogP contribution in [0.4, 0.5) is 0 Å². The summed E-state index contributed by atoms with van der Waals surface area (Å²) in [5.74, 6) is -0.237. The molecule has 0 heterocycles. The molecule has 1 saturated carbocycles. The molecular formula is C30H32Cl2N2O2. The molecule has 1 fully saturated rings. The Morgan fingerprint density at radius 2 is 1.50 bits per heavy atom. The van der Waals surface area contributed by atoms with Crippen LogP contribution in [0.2, 0.25) is 10.0 Å². The van der Waals surface area contributed by atoms with Crippen molar-refractivity contribution < 1.29 is 9.59 Å². The molecule has 1 aliphatic rings. The first kappa shape index (κ1) is 26.2. The van der Waals surface area contributed by atoms with Crippen LogP contribution in [0, 0.1) is 0 Å². The normalized spacial score (nSPS) is 14.7. The van der Waals surface area contributed by atoms with Gasteiger partial charge in [-0.2, -0.15) is 0 Å². The van der Waals surface area contributed by atoms with Crippen molar-refractivity contribution in [3.8, 4) is 0 Å². The second-order valence-corrected chi connectivity index (χ2v) is 10.3. The van der Waals surface area contributed by atoms with Crippen molar-refractivity contribution in [2.24, 2.45) is 0 Å². The smallest absolute Gasteiger partial charge is 0.243 e. The Kier molecular flexibility index (Phi) is 9.43. The predicted molar refractivity (Wildman–Crippen MR) is 146 cm³/mol. The lowest BCUT2D eigenvalue weighted by molar-refractivity contribution is -0.141. The van der Waals surface area contributed by atoms with Crippen LogP contribution >= 0.6 is 23.2 Å². The van der Waals surface area contributed by atoms with Crippen LogP contribution in [0.5, 0.6) is 0 Å². The third-order valence-electron chi connectivity index (χ3n) is 6.79. The van der Waals surface area contributed by atoms with Crippen LogP contribution in [-0.4, -0.2) is 28.8 Å². The Morgan fingerprint density at radius 3 is 2.19 bits per heavy atom. The molecule has 0 unspecified atom stereocenters. The van der Waals surface area contributed by atoms with Gasteiger partial charge < -0.3 is 10.2 Å². The molecule has 0 bridgehead atoms. The Balaban J connectivity index is 1.65. The Labute approximate surface area is 223 Å². The van der Waals surface area contributed by atoms with E-state index < -0.39 is 6.04 Å². The van der Waals surface area contributed by atoms with Crippen LogP contribution in [0.3, 0.4) is 0 Å². The van der Waals surface area contributed by atoms with Crippen molar-refractivity contribution in [3.63, 3.8) is 0 Å². The fourth-order valence-electron chi connectivity index (χ4n) is 4.79. The average Bonchev–Trinajstić information content (AvgIpc) is 2.89. The first-order valence-corrected chi connectivity index (χ1v) is 13.4. The summed E-state index contributed by atoms with van der Waals surface area (Å²) in [5.41, 5.74) is 2.66. The molecule has 6 heteroatoms. The van der Waals surface area contributed by atoms with Crippen molar-refractivity contribution in [2.75, 3.05) is 0 Å². The number of benzene rings is 3. The van der Waals surface area contributed by atoms with E-state index in [1.165, 1.54) is 6.42 Å². The van der Waals surface area contributed by atoms with Gasteiger partial charge in [0.05, 0.1) is 6.42 Å². The Hall–Kier alpha value is -2.82. The lowest BCUT2D eigenvalue weighted by atomic mass is 9.94. The first-order chi connectivity index (χ1) is 17.5. The van der Waals surface area contributed by atoms with Gasteiger partial charge in [0.15, 0.2) is 0 Å². The van der Waals surface area contributed by atoms with Crippen molar-refractivity contribution >= 4 is 35.0 Å². The van der Waals surface area contributed by atoms with E-state index in [0.717, 1.165) is 42.4 Å². The third kappa shape index (κ3) is 7.35. The van der Waals surface area contributed by atoms with E-state index >= 15 is 0 Å². The fourth-order valence-corrected chi connectivity index (χ4v) is 5.11. The number of amides is 2. The van der Waals surface area contributed by atoms with Crippen LogP contribution in [0.1, 0.15) is 48.8 Å². The van der Waals surface area contributed by atoms with Gasteiger partial charge in [-0.15, -0.1) is 0 Å². The molecule has 188 valence electrons. The molecule has 0 aromatic heterocycles. The van der Waals surface area contributed by atoms with Gasteiger partial charge in [0, 0.05) is 29.1 Å². The Morgan fingerprint density at radius 1 is 0.833 bits per heavy atom. The Bertz CT molecular complexity index is 1150. The highest BCUT2D eigenvalue weighted by Gasteiger charge is 2.32. The summed E-state index contributed by atoms with van der Waals surface area (Å²) in [5, 5.41) is 4.46. The van der Waals surface area contributed by atoms with Gasteiger partial charge in [-0.05, 0) is 47.7 Å². The van der Waals surface area contributed by atoms with Gasteiger partial charge in [-0.3, -0.25) is 9.59 Å². The van der Waals surface area contributed by atoms with E-state index in [4.69, 9.17) is 23.2 Å². The van der Waals surface area contributed by atoms with E-state index in [2.05, 4.69) is 5.32 Å². The van der Waals surface area contributed by atoms with Gasteiger partial charge in [-0.25, -0.2) is 0 Å². The SMILES string of the molecule is O=C(NC1CCCCC1)[C@@H](Cc1ccccc1)N(Cc1ccccc1Cl)C(=O)Cc1ccc(Cl)cc1. The predicted octanol–water partition coefficient (Wildman–Crippen LogP) is 6.62. The molecule has 0 radical (unpaired) electrons. The summed E-state index contributed by atoms with van der Waals surface area (Å²) in [4.78, 5) is 29.3. The average molecular weight is 524 g/mol. The summed E-state index contributed by atoms with van der Waals surface area (Å²) < 4.78 is 0. The topological polar surface area (TPSA) is 49.4 Å². The summed E-state index contributed by atoms with van der Waals surface area (Å²) >= 11 is 12.5. The van der Waals surface area contributed by atoms with Gasteiger partial charge in [-0.1, -0.05) is 103 Å². The van der Waals surface area contributed by atoms with Crippen molar-refractivity contribution in [1.82, 2.24) is 10.2 Å². The second-order valence-electron chi connectivity index (χ2n) is 9.47. The quantitative estimate of drug-likeness (QED) is 0.343. The highest BCUT2D eigenvalue weighted by atomic mass is 35.5. The molecule has 1 aliphatic carbocycles. The van der Waals surface area contributed by atoms with Crippen LogP contribution in [0.25, 0.3) is 0 Å². The van der Waals surface area contributed by atoms with Crippen molar-refractivity contribution in [3.05, 3.63) is 106 Å². The molecule has 2 amide bonds. The number of nitrogens with zero attached hydrogens (tertiary/aromatic N) is 1. The minimum atomic E-state index is -0.662. The highest BCUT2D eigenvalue weighted by molar-refractivity contribution is 6.31. The van der Waals surface area contributed by atoms with E-state index in [0.29, 0.717) is 16.5 Å². The molecule has 0 aliphatic heterocycles. The molecule has 0 spiro atoms. The number of carbonyl (C=O) groups is 2. The molecule has 1 N–H and O–H groups in total. The number of nitrogens with one attached hydrogen (secondary N) is 1. The van der Waals surface area contributed by atoms with Gasteiger partial charge in [0.1, 0.15) is 6.04 Å². The summed E-state index contributed by atoms with van der Waals surface area (Å²) in [7, 11) is 0. The van der Waals surface area contributed by atoms with E-state index in [-0.39, 0.29) is 30.8 Å². The van der Waals surface area contributed by atoms with E-state index in [1.807, 2.05) is 66.7 Å². The summed E-state index contributed by atoms with van der Waals surface area (Å²) in [6.45, 7) is 0.252. The zero-order chi connectivity index (χ0) is 25.3. The molecule has 3 aromatic carbocycles. The number of halogens is 2. The maximum atomic E-state index is 13.8. The number of carbonyl (C=O) groups excluding carboxylic acids is 2. The van der Waals surface area contributed by atoms with Gasteiger partial charge >= 0.3 is 0 Å². The van der Waals surface area contributed by atoms with E-state index in [1.54, 1.807) is 17.0 Å². The standard InChI is InChI=1S/C30H32Cl2N2O2/c31-25-17-15-23(16-18-25)20-29(35)34(21-24-11-7-8-14-27(24)32)28(19-22-9-3-1-4-10-22)30(36)33-26-12-5-2-6-13-26/h1,3-4,7-11,14-18,26,28H,2,5-6,12-13,19-21H2,(H,33,36)/t28-/m1/s1. The monoisotopic (exact) mass is 522 g/mol. The minimum absolute atomic E-state index is 0.109. The van der Waals surface area contributed by atoms with Crippen LogP contribution in [0.15, 0.2) is 78.9 Å². The fraction of sp³-hybridized carbons (Fsp3) is 0.333. The zero-order valence-corrected chi connectivity index (χ0v) is 21.8. The van der Waals surface area contributed by atoms with Crippen molar-refractivity contribution in [2.45, 2.75) is 63.6 Å². The lowest BCUT2D eigenvalue weighted by Crippen LogP contribution is -2.53. The number of hydrogen-bond donors (Lipinski definition) is 1. The summed E-state index contributed by atoms with van der Waals surface area (Å²) in [6, 6.07) is 24.1. The summed E-state index contributed by atoms with van der Waals surface area (Å²) in [6.07, 6.45) is 6.00. The minimum Gasteiger partial charge on any atom is -0.352 e. The van der Waals surface area contributed by atoms with Gasteiger partial charge in [0.2, 0.25) is 11.8 Å². The highest BCUT2D eigenvalue weighted by Crippen LogP contribution is 2.23. The molecule has 4 rings (SSSR count). The van der Waals surface area contributed by atoms with Crippen LogP contribution < -0.4 is 5.32 Å². The first-order valence-electron chi connectivity index (χ1n) is 12.6. The van der Waals surface area contributed by atoms with E-state index in [9.17, 15) is 9.59 Å². The molecule has 36 heavy (non-hydrogen) atoms. The van der Waals surface area contributed by atoms with Crippen molar-refractivity contribution in [1.29, 1.82) is 0 Å². The molecule has 3 aromatic rings. The number of rotatable bonds is 9. The second kappa shape index (κ2) is 12.9.